The third-order valence-electron chi connectivity index (χ3n) is 5.73. The van der Waals surface area contributed by atoms with E-state index in [9.17, 15) is 5.11 Å². The molecular formula is C25H23Cl2N3O. The first-order chi connectivity index (χ1) is 15.0. The number of piperazine rings is 1. The molecule has 4 rings (SSSR count). The Balaban J connectivity index is 1.53. The van der Waals surface area contributed by atoms with Crippen molar-refractivity contribution in [2.24, 2.45) is 0 Å². The van der Waals surface area contributed by atoms with Crippen LogP contribution < -0.4 is 4.90 Å². The Morgan fingerprint density at radius 1 is 0.903 bits per heavy atom. The van der Waals surface area contributed by atoms with Crippen LogP contribution in [0.5, 0.6) is 0 Å². The normalized spacial score (nSPS) is 17.9. The Hall–Kier alpha value is -2.55. The van der Waals surface area contributed by atoms with Gasteiger partial charge in [-0.1, -0.05) is 47.5 Å². The number of rotatable bonds is 5. The van der Waals surface area contributed by atoms with Gasteiger partial charge >= 0.3 is 0 Å². The van der Waals surface area contributed by atoms with Gasteiger partial charge in [0.05, 0.1) is 23.8 Å². The molecule has 0 amide bonds. The highest BCUT2D eigenvalue weighted by atomic mass is 35.5. The van der Waals surface area contributed by atoms with Crippen LogP contribution in [0.2, 0.25) is 10.0 Å². The quantitative estimate of drug-likeness (QED) is 0.559. The zero-order valence-electron chi connectivity index (χ0n) is 17.0. The van der Waals surface area contributed by atoms with Gasteiger partial charge in [-0.3, -0.25) is 4.90 Å². The van der Waals surface area contributed by atoms with E-state index in [2.05, 4.69) is 28.0 Å². The van der Waals surface area contributed by atoms with Crippen LogP contribution >= 0.6 is 23.2 Å². The molecule has 1 heterocycles. The molecule has 4 nitrogen and oxygen atoms in total. The summed E-state index contributed by atoms with van der Waals surface area (Å²) in [7, 11) is 0. The van der Waals surface area contributed by atoms with Crippen molar-refractivity contribution in [1.82, 2.24) is 4.90 Å². The topological polar surface area (TPSA) is 50.5 Å². The fourth-order valence-corrected chi connectivity index (χ4v) is 4.30. The summed E-state index contributed by atoms with van der Waals surface area (Å²) in [5.74, 6) is 0. The summed E-state index contributed by atoms with van der Waals surface area (Å²) >= 11 is 12.2. The molecule has 0 unspecified atom stereocenters. The Morgan fingerprint density at radius 3 is 2.13 bits per heavy atom. The van der Waals surface area contributed by atoms with Gasteiger partial charge in [-0.05, 0) is 59.7 Å². The maximum atomic E-state index is 10.8. The van der Waals surface area contributed by atoms with Crippen LogP contribution in [0.25, 0.3) is 0 Å². The highest BCUT2D eigenvalue weighted by Gasteiger charge is 2.29. The molecule has 6 heteroatoms. The van der Waals surface area contributed by atoms with Crippen molar-refractivity contribution in [1.29, 1.82) is 5.26 Å². The lowest BCUT2D eigenvalue weighted by Crippen LogP contribution is -2.49. The maximum absolute atomic E-state index is 10.8. The number of anilines is 1. The molecule has 0 bridgehead atoms. The highest BCUT2D eigenvalue weighted by molar-refractivity contribution is 6.30. The van der Waals surface area contributed by atoms with Gasteiger partial charge in [0.1, 0.15) is 0 Å². The maximum Gasteiger partial charge on any atom is 0.0991 e. The van der Waals surface area contributed by atoms with Crippen molar-refractivity contribution in [2.75, 3.05) is 31.1 Å². The zero-order chi connectivity index (χ0) is 21.8. The molecule has 158 valence electrons. The minimum absolute atomic E-state index is 0.125. The van der Waals surface area contributed by atoms with Crippen molar-refractivity contribution in [3.8, 4) is 6.07 Å². The van der Waals surface area contributed by atoms with Gasteiger partial charge in [0.25, 0.3) is 0 Å². The molecule has 0 saturated carbocycles. The van der Waals surface area contributed by atoms with E-state index >= 15 is 0 Å². The summed E-state index contributed by atoms with van der Waals surface area (Å²) < 4.78 is 0. The number of hydrogen-bond donors (Lipinski definition) is 1. The van der Waals surface area contributed by atoms with E-state index in [0.29, 0.717) is 17.1 Å². The van der Waals surface area contributed by atoms with Crippen molar-refractivity contribution in [3.05, 3.63) is 99.5 Å². The van der Waals surface area contributed by atoms with E-state index in [4.69, 9.17) is 28.5 Å². The van der Waals surface area contributed by atoms with E-state index in [1.54, 1.807) is 12.1 Å². The number of halogens is 2. The van der Waals surface area contributed by atoms with Gasteiger partial charge in [-0.2, -0.15) is 5.26 Å². The number of benzene rings is 3. The molecule has 1 aliphatic rings. The fourth-order valence-electron chi connectivity index (χ4n) is 4.05. The largest absolute Gasteiger partial charge is 0.387 e. The molecule has 0 radical (unpaired) electrons. The predicted octanol–water partition coefficient (Wildman–Crippen LogP) is 5.46. The van der Waals surface area contributed by atoms with Crippen LogP contribution in [0.15, 0.2) is 72.8 Å². The van der Waals surface area contributed by atoms with Gasteiger partial charge in [-0.15, -0.1) is 0 Å². The SMILES string of the molecule is N#Cc1ccc([C@H](O)CN2CCN(c3ccc(Cl)cc3)[C@H](c3ccc(Cl)cc3)C2)cc1. The molecule has 1 aliphatic heterocycles. The Bertz CT molecular complexity index is 1050. The average molecular weight is 452 g/mol. The van der Waals surface area contributed by atoms with Gasteiger partial charge in [0.15, 0.2) is 0 Å². The minimum Gasteiger partial charge on any atom is -0.387 e. The molecule has 0 spiro atoms. The smallest absolute Gasteiger partial charge is 0.0991 e. The number of aliphatic hydroxyl groups is 1. The second kappa shape index (κ2) is 9.72. The molecule has 1 fully saturated rings. The first-order valence-electron chi connectivity index (χ1n) is 10.2. The lowest BCUT2D eigenvalue weighted by atomic mass is 10.00. The summed E-state index contributed by atoms with van der Waals surface area (Å²) in [6.45, 7) is 2.97. The first-order valence-corrected chi connectivity index (χ1v) is 11.0. The third kappa shape index (κ3) is 5.20. The lowest BCUT2D eigenvalue weighted by molar-refractivity contribution is 0.100. The third-order valence-corrected chi connectivity index (χ3v) is 6.24. The monoisotopic (exact) mass is 451 g/mol. The van der Waals surface area contributed by atoms with Gasteiger partial charge < -0.3 is 10.0 Å². The fraction of sp³-hybridized carbons (Fsp3) is 0.240. The molecule has 3 aromatic carbocycles. The lowest BCUT2D eigenvalue weighted by Gasteiger charge is -2.43. The van der Waals surface area contributed by atoms with Crippen LogP contribution in [0.3, 0.4) is 0 Å². The molecule has 31 heavy (non-hydrogen) atoms. The van der Waals surface area contributed by atoms with Crippen LogP contribution in [-0.2, 0) is 0 Å². The first kappa shape index (κ1) is 21.7. The summed E-state index contributed by atoms with van der Waals surface area (Å²) in [6.07, 6.45) is -0.610. The molecule has 1 saturated heterocycles. The van der Waals surface area contributed by atoms with E-state index in [-0.39, 0.29) is 6.04 Å². The van der Waals surface area contributed by atoms with Gasteiger partial charge in [0, 0.05) is 41.9 Å². The van der Waals surface area contributed by atoms with Crippen molar-refractivity contribution in [2.45, 2.75) is 12.1 Å². The zero-order valence-corrected chi connectivity index (χ0v) is 18.5. The molecule has 2 atom stereocenters. The van der Waals surface area contributed by atoms with Crippen LogP contribution in [-0.4, -0.2) is 36.2 Å². The molecule has 0 aromatic heterocycles. The molecular weight excluding hydrogens is 429 g/mol. The van der Waals surface area contributed by atoms with Crippen LogP contribution in [0.1, 0.15) is 28.8 Å². The molecule has 0 aliphatic carbocycles. The van der Waals surface area contributed by atoms with Gasteiger partial charge in [0.2, 0.25) is 0 Å². The number of hydrogen-bond acceptors (Lipinski definition) is 4. The highest BCUT2D eigenvalue weighted by Crippen LogP contribution is 2.32. The van der Waals surface area contributed by atoms with Crippen LogP contribution in [0, 0.1) is 11.3 Å². The molecule has 3 aromatic rings. The van der Waals surface area contributed by atoms with Gasteiger partial charge in [-0.25, -0.2) is 0 Å². The summed E-state index contributed by atoms with van der Waals surface area (Å²) in [5.41, 5.74) is 3.71. The van der Waals surface area contributed by atoms with Crippen molar-refractivity contribution < 1.29 is 5.11 Å². The number of nitriles is 1. The summed E-state index contributed by atoms with van der Waals surface area (Å²) in [5, 5.41) is 21.2. The summed E-state index contributed by atoms with van der Waals surface area (Å²) in [6, 6.07) is 25.3. The Kier molecular flexibility index (Phi) is 6.80. The van der Waals surface area contributed by atoms with Crippen molar-refractivity contribution in [3.63, 3.8) is 0 Å². The number of β-amino-alcohol motifs (C(OH)–C–C–N with tert-alkyl or cyclic N) is 1. The number of nitrogens with zero attached hydrogens (tertiary/aromatic N) is 3. The Labute approximate surface area is 192 Å². The molecule has 1 N–H and O–H groups in total. The van der Waals surface area contributed by atoms with Crippen LogP contribution in [0.4, 0.5) is 5.69 Å². The van der Waals surface area contributed by atoms with E-state index in [1.807, 2.05) is 48.5 Å². The predicted molar refractivity (Wildman–Crippen MR) is 126 cm³/mol. The van der Waals surface area contributed by atoms with E-state index in [1.165, 1.54) is 5.56 Å². The average Bonchev–Trinajstić information content (AvgIpc) is 2.80. The summed E-state index contributed by atoms with van der Waals surface area (Å²) in [4.78, 5) is 4.67. The number of aliphatic hydroxyl groups excluding tert-OH is 1. The second-order valence-corrected chi connectivity index (χ2v) is 8.62. The second-order valence-electron chi connectivity index (χ2n) is 7.75. The van der Waals surface area contributed by atoms with E-state index < -0.39 is 6.10 Å². The van der Waals surface area contributed by atoms with E-state index in [0.717, 1.165) is 35.9 Å². The standard InChI is InChI=1S/C25H23Cl2N3O/c26-21-7-5-19(6-8-21)24-16-29(13-14-30(24)23-11-9-22(27)10-12-23)17-25(31)20-3-1-18(15-28)2-4-20/h1-12,24-25,31H,13-14,16-17H2/t24-,25+/m0/s1. The van der Waals surface area contributed by atoms with Crippen molar-refractivity contribution >= 4 is 28.9 Å². The Morgan fingerprint density at radius 2 is 1.52 bits per heavy atom. The minimum atomic E-state index is -0.610.